The second kappa shape index (κ2) is 4.97. The number of nitrogens with zero attached hydrogens (tertiary/aromatic N) is 2. The fourth-order valence-corrected chi connectivity index (χ4v) is 2.11. The normalized spacial score (nSPS) is 10.6. The Balaban J connectivity index is 1.95. The van der Waals surface area contributed by atoms with Crippen molar-refractivity contribution in [2.24, 2.45) is 0 Å². The molecule has 0 aliphatic carbocycles. The lowest BCUT2D eigenvalue weighted by Crippen LogP contribution is -1.93. The fourth-order valence-electron chi connectivity index (χ4n) is 1.85. The van der Waals surface area contributed by atoms with Gasteiger partial charge >= 0.3 is 0 Å². The summed E-state index contributed by atoms with van der Waals surface area (Å²) in [6, 6.07) is 14.3. The molecule has 94 valence electrons. The summed E-state index contributed by atoms with van der Waals surface area (Å²) in [6.07, 6.45) is 3.73. The van der Waals surface area contributed by atoms with Gasteiger partial charge in [-0.1, -0.05) is 28.1 Å². The molecule has 2 aromatic carbocycles. The van der Waals surface area contributed by atoms with Gasteiger partial charge in [-0.15, -0.1) is 0 Å². The smallest absolute Gasteiger partial charge is 0.123 e. The highest BCUT2D eigenvalue weighted by atomic mass is 79.9. The summed E-state index contributed by atoms with van der Waals surface area (Å²) < 4.78 is 15.7. The molecule has 0 spiro atoms. The first-order valence-corrected chi connectivity index (χ1v) is 6.58. The molecule has 0 fully saturated rings. The maximum Gasteiger partial charge on any atom is 0.123 e. The molecule has 0 radical (unpaired) electrons. The molecule has 19 heavy (non-hydrogen) atoms. The van der Waals surface area contributed by atoms with Crippen LogP contribution in [-0.4, -0.2) is 9.78 Å². The Bertz CT molecular complexity index is 627. The van der Waals surface area contributed by atoms with Gasteiger partial charge < -0.3 is 0 Å². The van der Waals surface area contributed by atoms with E-state index in [0.29, 0.717) is 0 Å². The van der Waals surface area contributed by atoms with E-state index in [1.807, 2.05) is 30.5 Å². The van der Waals surface area contributed by atoms with Crippen molar-refractivity contribution >= 4 is 15.9 Å². The molecular formula is C15H10BrFN2. The predicted molar refractivity (Wildman–Crippen MR) is 76.7 cm³/mol. The lowest BCUT2D eigenvalue weighted by atomic mass is 10.1. The molecule has 3 rings (SSSR count). The molecule has 0 unspecified atom stereocenters. The van der Waals surface area contributed by atoms with Crippen molar-refractivity contribution in [1.29, 1.82) is 0 Å². The van der Waals surface area contributed by atoms with Crippen LogP contribution in [0.3, 0.4) is 0 Å². The van der Waals surface area contributed by atoms with Crippen LogP contribution in [-0.2, 0) is 0 Å². The van der Waals surface area contributed by atoms with Crippen LogP contribution in [0.15, 0.2) is 65.4 Å². The largest absolute Gasteiger partial charge is 0.240 e. The first-order chi connectivity index (χ1) is 9.22. The highest BCUT2D eigenvalue weighted by molar-refractivity contribution is 9.10. The molecule has 4 heteroatoms. The molecule has 0 saturated heterocycles. The van der Waals surface area contributed by atoms with Crippen molar-refractivity contribution < 1.29 is 4.39 Å². The van der Waals surface area contributed by atoms with E-state index in [9.17, 15) is 4.39 Å². The molecule has 0 amide bonds. The molecule has 2 nitrogen and oxygen atoms in total. The topological polar surface area (TPSA) is 17.8 Å². The second-order valence-corrected chi connectivity index (χ2v) is 5.07. The molecule has 0 aliphatic heterocycles. The Morgan fingerprint density at radius 3 is 2.26 bits per heavy atom. The standard InChI is InChI=1S/C15H10BrFN2/c16-13-3-1-11(2-4-13)12-9-18-19(10-12)15-7-5-14(17)6-8-15/h1-10H. The first kappa shape index (κ1) is 12.1. The third-order valence-corrected chi connectivity index (χ3v) is 3.38. The minimum Gasteiger partial charge on any atom is -0.240 e. The number of hydrogen-bond acceptors (Lipinski definition) is 1. The van der Waals surface area contributed by atoms with Crippen molar-refractivity contribution in [3.63, 3.8) is 0 Å². The third kappa shape index (κ3) is 2.58. The zero-order valence-electron chi connectivity index (χ0n) is 9.92. The highest BCUT2D eigenvalue weighted by Crippen LogP contribution is 2.22. The van der Waals surface area contributed by atoms with E-state index in [0.717, 1.165) is 21.3 Å². The quantitative estimate of drug-likeness (QED) is 0.683. The Morgan fingerprint density at radius 2 is 1.58 bits per heavy atom. The summed E-state index contributed by atoms with van der Waals surface area (Å²) >= 11 is 3.41. The minimum atomic E-state index is -0.246. The van der Waals surface area contributed by atoms with Crippen LogP contribution in [0.4, 0.5) is 4.39 Å². The van der Waals surface area contributed by atoms with E-state index in [4.69, 9.17) is 0 Å². The Hall–Kier alpha value is -1.94. The number of hydrogen-bond donors (Lipinski definition) is 0. The maximum absolute atomic E-state index is 12.9. The van der Waals surface area contributed by atoms with Gasteiger partial charge in [-0.25, -0.2) is 9.07 Å². The van der Waals surface area contributed by atoms with Crippen LogP contribution in [0.2, 0.25) is 0 Å². The average molecular weight is 317 g/mol. The summed E-state index contributed by atoms with van der Waals surface area (Å²) in [4.78, 5) is 0. The maximum atomic E-state index is 12.9. The van der Waals surface area contributed by atoms with E-state index >= 15 is 0 Å². The van der Waals surface area contributed by atoms with Crippen LogP contribution in [0, 0.1) is 5.82 Å². The van der Waals surface area contributed by atoms with E-state index in [-0.39, 0.29) is 5.82 Å². The highest BCUT2D eigenvalue weighted by Gasteiger charge is 2.03. The number of benzene rings is 2. The number of aromatic nitrogens is 2. The zero-order valence-corrected chi connectivity index (χ0v) is 11.5. The summed E-state index contributed by atoms with van der Waals surface area (Å²) in [5.74, 6) is -0.246. The summed E-state index contributed by atoms with van der Waals surface area (Å²) in [6.45, 7) is 0. The number of rotatable bonds is 2. The second-order valence-electron chi connectivity index (χ2n) is 4.16. The SMILES string of the molecule is Fc1ccc(-n2cc(-c3ccc(Br)cc3)cn2)cc1. The van der Waals surface area contributed by atoms with Crippen molar-refractivity contribution in [3.05, 3.63) is 71.2 Å². The van der Waals surface area contributed by atoms with Gasteiger partial charge in [0.05, 0.1) is 11.9 Å². The van der Waals surface area contributed by atoms with Gasteiger partial charge in [0, 0.05) is 16.2 Å². The van der Waals surface area contributed by atoms with Crippen molar-refractivity contribution in [2.75, 3.05) is 0 Å². The van der Waals surface area contributed by atoms with E-state index in [2.05, 4.69) is 21.0 Å². The monoisotopic (exact) mass is 316 g/mol. The molecule has 3 aromatic rings. The molecule has 1 aromatic heterocycles. The van der Waals surface area contributed by atoms with Crippen molar-refractivity contribution in [1.82, 2.24) is 9.78 Å². The molecule has 0 saturated carbocycles. The lowest BCUT2D eigenvalue weighted by molar-refractivity contribution is 0.627. The molecule has 0 aliphatic rings. The van der Waals surface area contributed by atoms with Crippen LogP contribution >= 0.6 is 15.9 Å². The zero-order chi connectivity index (χ0) is 13.2. The molecule has 0 atom stereocenters. The van der Waals surface area contributed by atoms with Gasteiger partial charge in [0.25, 0.3) is 0 Å². The lowest BCUT2D eigenvalue weighted by Gasteiger charge is -2.00. The summed E-state index contributed by atoms with van der Waals surface area (Å²) in [5.41, 5.74) is 2.96. The summed E-state index contributed by atoms with van der Waals surface area (Å²) in [7, 11) is 0. The Labute approximate surface area is 118 Å². The van der Waals surface area contributed by atoms with Gasteiger partial charge in [0.15, 0.2) is 0 Å². The van der Waals surface area contributed by atoms with Gasteiger partial charge in [0.1, 0.15) is 5.82 Å². The van der Waals surface area contributed by atoms with Crippen molar-refractivity contribution in [2.45, 2.75) is 0 Å². The van der Waals surface area contributed by atoms with Crippen molar-refractivity contribution in [3.8, 4) is 16.8 Å². The molecule has 0 N–H and O–H groups in total. The van der Waals surface area contributed by atoms with Crippen LogP contribution in [0.5, 0.6) is 0 Å². The molecule has 1 heterocycles. The third-order valence-electron chi connectivity index (χ3n) is 2.85. The summed E-state index contributed by atoms with van der Waals surface area (Å²) in [5, 5.41) is 4.30. The van der Waals surface area contributed by atoms with Gasteiger partial charge in [-0.05, 0) is 42.0 Å². The van der Waals surface area contributed by atoms with Gasteiger partial charge in [0.2, 0.25) is 0 Å². The van der Waals surface area contributed by atoms with Crippen LogP contribution in [0.25, 0.3) is 16.8 Å². The molecular weight excluding hydrogens is 307 g/mol. The first-order valence-electron chi connectivity index (χ1n) is 5.79. The van der Waals surface area contributed by atoms with E-state index in [1.165, 1.54) is 12.1 Å². The van der Waals surface area contributed by atoms with Gasteiger partial charge in [-0.3, -0.25) is 0 Å². The van der Waals surface area contributed by atoms with Gasteiger partial charge in [-0.2, -0.15) is 5.10 Å². The fraction of sp³-hybridized carbons (Fsp3) is 0. The molecule has 0 bridgehead atoms. The Morgan fingerprint density at radius 1 is 0.895 bits per heavy atom. The van der Waals surface area contributed by atoms with E-state index in [1.54, 1.807) is 23.0 Å². The number of halogens is 2. The van der Waals surface area contributed by atoms with E-state index < -0.39 is 0 Å². The predicted octanol–water partition coefficient (Wildman–Crippen LogP) is 4.44. The van der Waals surface area contributed by atoms with Crippen LogP contribution < -0.4 is 0 Å². The minimum absolute atomic E-state index is 0.246. The average Bonchev–Trinajstić information content (AvgIpc) is 2.90. The Kier molecular flexibility index (Phi) is 3.17. The van der Waals surface area contributed by atoms with Crippen LogP contribution in [0.1, 0.15) is 0 Å².